The van der Waals surface area contributed by atoms with Gasteiger partial charge in [0.15, 0.2) is 0 Å². The molecule has 0 aliphatic carbocycles. The van der Waals surface area contributed by atoms with Crippen molar-refractivity contribution in [3.05, 3.63) is 23.4 Å². The Morgan fingerprint density at radius 3 is 2.33 bits per heavy atom. The zero-order valence-corrected chi connectivity index (χ0v) is 6.44. The van der Waals surface area contributed by atoms with Gasteiger partial charge in [-0.15, -0.1) is 0 Å². The summed E-state index contributed by atoms with van der Waals surface area (Å²) in [7, 11) is 0. The second-order valence-corrected chi connectivity index (χ2v) is 2.27. The molecule has 1 heteroatoms. The SMILES string of the molecule is CC/C=C\C(N)=C(C)C. The standard InChI is InChI=1S/C8H15N/c1-4-5-6-8(9)7(2)3/h5-6H,4,9H2,1-3H3/b6-5-. The second-order valence-electron chi connectivity index (χ2n) is 2.27. The van der Waals surface area contributed by atoms with Crippen molar-refractivity contribution < 1.29 is 0 Å². The Balaban J connectivity index is 3.91. The second kappa shape index (κ2) is 4.19. The van der Waals surface area contributed by atoms with E-state index >= 15 is 0 Å². The van der Waals surface area contributed by atoms with Gasteiger partial charge in [0.05, 0.1) is 0 Å². The van der Waals surface area contributed by atoms with Gasteiger partial charge in [-0.3, -0.25) is 0 Å². The minimum Gasteiger partial charge on any atom is -0.399 e. The van der Waals surface area contributed by atoms with Crippen molar-refractivity contribution in [3.8, 4) is 0 Å². The lowest BCUT2D eigenvalue weighted by Crippen LogP contribution is -1.94. The van der Waals surface area contributed by atoms with Crippen LogP contribution in [0.25, 0.3) is 0 Å². The van der Waals surface area contributed by atoms with Crippen LogP contribution in [-0.4, -0.2) is 0 Å². The van der Waals surface area contributed by atoms with Crippen molar-refractivity contribution >= 4 is 0 Å². The lowest BCUT2D eigenvalue weighted by Gasteiger charge is -1.93. The molecule has 0 heterocycles. The van der Waals surface area contributed by atoms with Gasteiger partial charge >= 0.3 is 0 Å². The van der Waals surface area contributed by atoms with Gasteiger partial charge in [0.1, 0.15) is 0 Å². The summed E-state index contributed by atoms with van der Waals surface area (Å²) in [4.78, 5) is 0. The normalized spacial score (nSPS) is 10.1. The van der Waals surface area contributed by atoms with Crippen LogP contribution >= 0.6 is 0 Å². The maximum Gasteiger partial charge on any atom is 0.0297 e. The van der Waals surface area contributed by atoms with E-state index in [9.17, 15) is 0 Å². The zero-order valence-electron chi connectivity index (χ0n) is 6.44. The fourth-order valence-corrected chi connectivity index (χ4v) is 0.411. The summed E-state index contributed by atoms with van der Waals surface area (Å²) < 4.78 is 0. The number of rotatable bonds is 2. The van der Waals surface area contributed by atoms with E-state index in [1.807, 2.05) is 19.9 Å². The van der Waals surface area contributed by atoms with Crippen LogP contribution in [0.1, 0.15) is 27.2 Å². The Hall–Kier alpha value is -0.720. The number of hydrogen-bond donors (Lipinski definition) is 1. The summed E-state index contributed by atoms with van der Waals surface area (Å²) >= 11 is 0. The van der Waals surface area contributed by atoms with Gasteiger partial charge in [-0.25, -0.2) is 0 Å². The first-order valence-corrected chi connectivity index (χ1v) is 3.28. The van der Waals surface area contributed by atoms with Gasteiger partial charge in [0.25, 0.3) is 0 Å². The maximum absolute atomic E-state index is 5.60. The first-order chi connectivity index (χ1) is 4.18. The summed E-state index contributed by atoms with van der Waals surface area (Å²) in [5.74, 6) is 0. The molecule has 2 N–H and O–H groups in total. The molecule has 0 atom stereocenters. The van der Waals surface area contributed by atoms with Crippen LogP contribution in [-0.2, 0) is 0 Å². The van der Waals surface area contributed by atoms with Crippen molar-refractivity contribution in [3.63, 3.8) is 0 Å². The highest BCUT2D eigenvalue weighted by Gasteiger charge is 1.82. The van der Waals surface area contributed by atoms with E-state index in [0.29, 0.717) is 0 Å². The van der Waals surface area contributed by atoms with Gasteiger partial charge < -0.3 is 5.73 Å². The Morgan fingerprint density at radius 2 is 2.00 bits per heavy atom. The van der Waals surface area contributed by atoms with Crippen molar-refractivity contribution in [2.75, 3.05) is 0 Å². The van der Waals surface area contributed by atoms with Crippen LogP contribution < -0.4 is 5.73 Å². The third kappa shape index (κ3) is 3.83. The number of nitrogens with two attached hydrogens (primary N) is 1. The lowest BCUT2D eigenvalue weighted by atomic mass is 10.2. The van der Waals surface area contributed by atoms with Crippen LogP contribution in [0.2, 0.25) is 0 Å². The van der Waals surface area contributed by atoms with Crippen molar-refractivity contribution in [2.24, 2.45) is 5.73 Å². The molecule has 0 aromatic rings. The Kier molecular flexibility index (Phi) is 3.85. The van der Waals surface area contributed by atoms with E-state index in [4.69, 9.17) is 5.73 Å². The first-order valence-electron chi connectivity index (χ1n) is 3.28. The predicted octanol–water partition coefficient (Wildman–Crippen LogP) is 2.21. The zero-order chi connectivity index (χ0) is 7.28. The van der Waals surface area contributed by atoms with Crippen LogP contribution in [0.4, 0.5) is 0 Å². The number of hydrogen-bond acceptors (Lipinski definition) is 1. The quantitative estimate of drug-likeness (QED) is 0.562. The molecular formula is C8H15N. The Bertz CT molecular complexity index is 128. The molecular weight excluding hydrogens is 110 g/mol. The van der Waals surface area contributed by atoms with E-state index in [1.165, 1.54) is 5.57 Å². The molecule has 0 amide bonds. The Labute approximate surface area is 57.3 Å². The average Bonchev–Trinajstić information content (AvgIpc) is 1.82. The lowest BCUT2D eigenvalue weighted by molar-refractivity contribution is 1.19. The smallest absolute Gasteiger partial charge is 0.0297 e. The molecule has 0 fully saturated rings. The molecule has 0 saturated heterocycles. The molecule has 0 aromatic heterocycles. The minimum absolute atomic E-state index is 0.886. The molecule has 1 nitrogen and oxygen atoms in total. The first kappa shape index (κ1) is 8.28. The highest BCUT2D eigenvalue weighted by molar-refractivity contribution is 5.19. The predicted molar refractivity (Wildman–Crippen MR) is 42.0 cm³/mol. The largest absolute Gasteiger partial charge is 0.399 e. The van der Waals surface area contributed by atoms with Crippen LogP contribution in [0, 0.1) is 0 Å². The molecule has 0 spiro atoms. The monoisotopic (exact) mass is 125 g/mol. The van der Waals surface area contributed by atoms with Crippen molar-refractivity contribution in [1.82, 2.24) is 0 Å². The third-order valence-corrected chi connectivity index (χ3v) is 1.11. The highest BCUT2D eigenvalue weighted by atomic mass is 14.6. The molecule has 52 valence electrons. The molecule has 0 rings (SSSR count). The molecule has 0 radical (unpaired) electrons. The highest BCUT2D eigenvalue weighted by Crippen LogP contribution is 1.97. The summed E-state index contributed by atoms with van der Waals surface area (Å²) in [6, 6.07) is 0. The maximum atomic E-state index is 5.60. The molecule has 0 bridgehead atoms. The molecule has 0 unspecified atom stereocenters. The van der Waals surface area contributed by atoms with Crippen LogP contribution in [0.15, 0.2) is 23.4 Å². The summed E-state index contributed by atoms with van der Waals surface area (Å²) in [6.45, 7) is 6.11. The van der Waals surface area contributed by atoms with E-state index in [0.717, 1.165) is 12.1 Å². The third-order valence-electron chi connectivity index (χ3n) is 1.11. The summed E-state index contributed by atoms with van der Waals surface area (Å²) in [5, 5.41) is 0. The van der Waals surface area contributed by atoms with Crippen molar-refractivity contribution in [1.29, 1.82) is 0 Å². The summed E-state index contributed by atoms with van der Waals surface area (Å²) in [5.41, 5.74) is 7.66. The molecule has 0 aliphatic heterocycles. The fraction of sp³-hybridized carbons (Fsp3) is 0.500. The van der Waals surface area contributed by atoms with E-state index < -0.39 is 0 Å². The van der Waals surface area contributed by atoms with Gasteiger partial charge in [-0.2, -0.15) is 0 Å². The molecule has 9 heavy (non-hydrogen) atoms. The van der Waals surface area contributed by atoms with Crippen LogP contribution in [0.3, 0.4) is 0 Å². The van der Waals surface area contributed by atoms with Gasteiger partial charge in [0.2, 0.25) is 0 Å². The minimum atomic E-state index is 0.886. The van der Waals surface area contributed by atoms with E-state index in [-0.39, 0.29) is 0 Å². The molecule has 0 saturated carbocycles. The van der Waals surface area contributed by atoms with Crippen LogP contribution in [0.5, 0.6) is 0 Å². The average molecular weight is 125 g/mol. The van der Waals surface area contributed by atoms with Gasteiger partial charge in [0, 0.05) is 5.70 Å². The summed E-state index contributed by atoms with van der Waals surface area (Å²) in [6.07, 6.45) is 5.06. The van der Waals surface area contributed by atoms with Gasteiger partial charge in [-0.1, -0.05) is 18.6 Å². The Morgan fingerprint density at radius 1 is 1.44 bits per heavy atom. The van der Waals surface area contributed by atoms with Gasteiger partial charge in [-0.05, 0) is 26.3 Å². The molecule has 0 aromatic carbocycles. The van der Waals surface area contributed by atoms with Crippen molar-refractivity contribution in [2.45, 2.75) is 27.2 Å². The van der Waals surface area contributed by atoms with E-state index in [1.54, 1.807) is 0 Å². The number of allylic oxidation sites excluding steroid dienone is 3. The fourth-order valence-electron chi connectivity index (χ4n) is 0.411. The topological polar surface area (TPSA) is 26.0 Å². The van der Waals surface area contributed by atoms with E-state index in [2.05, 4.69) is 13.0 Å². The molecule has 0 aliphatic rings.